The summed E-state index contributed by atoms with van der Waals surface area (Å²) in [7, 11) is 0. The van der Waals surface area contributed by atoms with Crippen LogP contribution in [-0.2, 0) is 5.41 Å². The quantitative estimate of drug-likeness (QED) is 0.236. The fourth-order valence-corrected chi connectivity index (χ4v) is 6.58. The third kappa shape index (κ3) is 2.93. The van der Waals surface area contributed by atoms with E-state index in [1.54, 1.807) is 0 Å². The van der Waals surface area contributed by atoms with Crippen LogP contribution in [0, 0.1) is 0 Å². The molecule has 1 aliphatic heterocycles. The van der Waals surface area contributed by atoms with Gasteiger partial charge in [0.2, 0.25) is 0 Å². The molecule has 0 saturated heterocycles. The van der Waals surface area contributed by atoms with Crippen LogP contribution in [0.1, 0.15) is 25.0 Å². The number of hydrogen-bond acceptors (Lipinski definition) is 1. The molecule has 8 rings (SSSR count). The van der Waals surface area contributed by atoms with Crippen LogP contribution in [-0.4, -0.2) is 0 Å². The number of fused-ring (bicyclic) bond motifs is 5. The highest BCUT2D eigenvalue weighted by Crippen LogP contribution is 2.50. The molecular weight excluding hydrogens is 460 g/mol. The molecule has 6 aromatic carbocycles. The lowest BCUT2D eigenvalue weighted by Gasteiger charge is -2.23. The number of ether oxygens (including phenoxy) is 1. The van der Waals surface area contributed by atoms with E-state index in [1.807, 2.05) is 12.1 Å². The molecule has 0 amide bonds. The SMILES string of the molecule is CC1(C)c2ccccc2-c2ccc(-c3cccc(-c4ccc5c6c(cccc46)-c4ccccc4O5)c3)cc21. The van der Waals surface area contributed by atoms with Crippen molar-refractivity contribution < 1.29 is 4.74 Å². The van der Waals surface area contributed by atoms with E-state index in [2.05, 4.69) is 123 Å². The van der Waals surface area contributed by atoms with Gasteiger partial charge >= 0.3 is 0 Å². The minimum Gasteiger partial charge on any atom is -0.456 e. The van der Waals surface area contributed by atoms with Crippen molar-refractivity contribution in [3.63, 3.8) is 0 Å². The van der Waals surface area contributed by atoms with Gasteiger partial charge < -0.3 is 4.74 Å². The summed E-state index contributed by atoms with van der Waals surface area (Å²) in [4.78, 5) is 0. The van der Waals surface area contributed by atoms with E-state index in [-0.39, 0.29) is 5.41 Å². The third-order valence-corrected chi connectivity index (χ3v) is 8.49. The highest BCUT2D eigenvalue weighted by Gasteiger charge is 2.35. The van der Waals surface area contributed by atoms with Crippen molar-refractivity contribution >= 4 is 10.8 Å². The Labute approximate surface area is 223 Å². The van der Waals surface area contributed by atoms with Gasteiger partial charge in [-0.25, -0.2) is 0 Å². The molecule has 1 aliphatic carbocycles. The fourth-order valence-electron chi connectivity index (χ4n) is 6.58. The van der Waals surface area contributed by atoms with E-state index in [1.165, 1.54) is 60.8 Å². The van der Waals surface area contributed by atoms with Gasteiger partial charge in [0.1, 0.15) is 11.5 Å². The van der Waals surface area contributed by atoms with Gasteiger partial charge in [0, 0.05) is 16.4 Å². The molecule has 38 heavy (non-hydrogen) atoms. The summed E-state index contributed by atoms with van der Waals surface area (Å²) < 4.78 is 6.32. The van der Waals surface area contributed by atoms with Crippen molar-refractivity contribution in [2.24, 2.45) is 0 Å². The van der Waals surface area contributed by atoms with E-state index >= 15 is 0 Å². The summed E-state index contributed by atoms with van der Waals surface area (Å²) in [6.07, 6.45) is 0. The Balaban J connectivity index is 1.27. The van der Waals surface area contributed by atoms with Gasteiger partial charge in [-0.3, -0.25) is 0 Å². The largest absolute Gasteiger partial charge is 0.456 e. The van der Waals surface area contributed by atoms with Gasteiger partial charge in [-0.05, 0) is 79.7 Å². The zero-order valence-electron chi connectivity index (χ0n) is 21.5. The molecule has 180 valence electrons. The first-order chi connectivity index (χ1) is 18.6. The number of benzene rings is 6. The first-order valence-electron chi connectivity index (χ1n) is 13.3. The maximum Gasteiger partial charge on any atom is 0.135 e. The first-order valence-corrected chi connectivity index (χ1v) is 13.3. The molecule has 0 unspecified atom stereocenters. The van der Waals surface area contributed by atoms with Crippen LogP contribution in [0.4, 0.5) is 0 Å². The molecule has 2 aliphatic rings. The molecule has 1 nitrogen and oxygen atoms in total. The van der Waals surface area contributed by atoms with Crippen molar-refractivity contribution in [1.29, 1.82) is 0 Å². The van der Waals surface area contributed by atoms with Gasteiger partial charge in [-0.15, -0.1) is 0 Å². The predicted molar refractivity (Wildman–Crippen MR) is 158 cm³/mol. The van der Waals surface area contributed by atoms with Gasteiger partial charge in [0.15, 0.2) is 0 Å². The minimum absolute atomic E-state index is 0.00790. The summed E-state index contributed by atoms with van der Waals surface area (Å²) in [6, 6.07) is 44.0. The molecule has 0 saturated carbocycles. The average molecular weight is 487 g/mol. The van der Waals surface area contributed by atoms with Gasteiger partial charge in [0.25, 0.3) is 0 Å². The number of para-hydroxylation sites is 1. The Morgan fingerprint density at radius 1 is 0.447 bits per heavy atom. The molecule has 0 radical (unpaired) electrons. The Bertz CT molecular complexity index is 1920. The van der Waals surface area contributed by atoms with Crippen LogP contribution in [0.25, 0.3) is 55.3 Å². The van der Waals surface area contributed by atoms with Crippen molar-refractivity contribution in [2.45, 2.75) is 19.3 Å². The van der Waals surface area contributed by atoms with Crippen molar-refractivity contribution in [3.8, 4) is 56.0 Å². The monoisotopic (exact) mass is 486 g/mol. The molecule has 0 atom stereocenters. The highest BCUT2D eigenvalue weighted by atomic mass is 16.5. The predicted octanol–water partition coefficient (Wildman–Crippen LogP) is 10.3. The van der Waals surface area contributed by atoms with Crippen LogP contribution < -0.4 is 4.74 Å². The topological polar surface area (TPSA) is 9.23 Å². The number of rotatable bonds is 2. The van der Waals surface area contributed by atoms with Gasteiger partial charge in [-0.2, -0.15) is 0 Å². The van der Waals surface area contributed by atoms with Gasteiger partial charge in [-0.1, -0.05) is 111 Å². The summed E-state index contributed by atoms with van der Waals surface area (Å²) >= 11 is 0. The zero-order chi connectivity index (χ0) is 25.4. The molecule has 0 N–H and O–H groups in total. The Morgan fingerprint density at radius 2 is 1.13 bits per heavy atom. The van der Waals surface area contributed by atoms with E-state index in [9.17, 15) is 0 Å². The fraction of sp³-hybridized carbons (Fsp3) is 0.0811. The lowest BCUT2D eigenvalue weighted by molar-refractivity contribution is 0.487. The first kappa shape index (κ1) is 21.5. The average Bonchev–Trinajstić information content (AvgIpc) is 3.20. The second-order valence-electron chi connectivity index (χ2n) is 10.9. The molecule has 1 heteroatoms. The Kier molecular flexibility index (Phi) is 4.35. The Hall–Kier alpha value is -4.62. The zero-order valence-corrected chi connectivity index (χ0v) is 21.5. The van der Waals surface area contributed by atoms with Gasteiger partial charge in [0.05, 0.1) is 0 Å². The minimum atomic E-state index is -0.00790. The highest BCUT2D eigenvalue weighted by molar-refractivity contribution is 6.10. The summed E-state index contributed by atoms with van der Waals surface area (Å²) in [6.45, 7) is 4.68. The van der Waals surface area contributed by atoms with E-state index < -0.39 is 0 Å². The lowest BCUT2D eigenvalue weighted by Crippen LogP contribution is -2.14. The molecule has 6 aromatic rings. The Morgan fingerprint density at radius 3 is 2.05 bits per heavy atom. The van der Waals surface area contributed by atoms with Crippen molar-refractivity contribution in [2.75, 3.05) is 0 Å². The normalized spacial score (nSPS) is 13.9. The third-order valence-electron chi connectivity index (χ3n) is 8.49. The van der Waals surface area contributed by atoms with Crippen LogP contribution in [0.2, 0.25) is 0 Å². The molecule has 0 aromatic heterocycles. The summed E-state index contributed by atoms with van der Waals surface area (Å²) in [5.74, 6) is 1.85. The second kappa shape index (κ2) is 7.69. The van der Waals surface area contributed by atoms with Crippen molar-refractivity contribution in [1.82, 2.24) is 0 Å². The van der Waals surface area contributed by atoms with Crippen LogP contribution >= 0.6 is 0 Å². The van der Waals surface area contributed by atoms with Crippen molar-refractivity contribution in [3.05, 3.63) is 132 Å². The standard InChI is InChI=1S/C37H26O/c1-37(2)32-15-5-3-11-27(32)28-18-17-24(22-33(28)37)23-9-7-10-25(21-23)26-19-20-35-36-30(26)13-8-14-31(36)29-12-4-6-16-34(29)38-35/h3-22H,1-2H3. The number of hydrogen-bond donors (Lipinski definition) is 0. The molecular formula is C37H26O. The van der Waals surface area contributed by atoms with Crippen LogP contribution in [0.15, 0.2) is 121 Å². The molecule has 0 fully saturated rings. The molecule has 1 heterocycles. The molecule has 0 spiro atoms. The van der Waals surface area contributed by atoms with E-state index in [0.717, 1.165) is 17.1 Å². The van der Waals surface area contributed by atoms with E-state index in [0.29, 0.717) is 0 Å². The summed E-state index contributed by atoms with van der Waals surface area (Å²) in [5.41, 5.74) is 12.8. The summed E-state index contributed by atoms with van der Waals surface area (Å²) in [5, 5.41) is 2.41. The van der Waals surface area contributed by atoms with Crippen LogP contribution in [0.5, 0.6) is 11.5 Å². The van der Waals surface area contributed by atoms with E-state index in [4.69, 9.17) is 4.74 Å². The maximum atomic E-state index is 6.32. The maximum absolute atomic E-state index is 6.32. The molecule has 0 bridgehead atoms. The lowest BCUT2D eigenvalue weighted by atomic mass is 9.81. The van der Waals surface area contributed by atoms with Crippen LogP contribution in [0.3, 0.4) is 0 Å². The second-order valence-corrected chi connectivity index (χ2v) is 10.9. The smallest absolute Gasteiger partial charge is 0.135 e.